The Labute approximate surface area is 98.7 Å². The highest BCUT2D eigenvalue weighted by Crippen LogP contribution is 2.18. The number of amides is 1. The van der Waals surface area contributed by atoms with Crippen molar-refractivity contribution in [2.75, 3.05) is 13.2 Å². The zero-order chi connectivity index (χ0) is 10.8. The SMILES string of the molecule is O=C(NC1COCC1Br)c1sccc1F. The number of thiophene rings is 1. The molecule has 6 heteroatoms. The zero-order valence-electron chi connectivity index (χ0n) is 7.70. The third kappa shape index (κ3) is 2.38. The van der Waals surface area contributed by atoms with Crippen molar-refractivity contribution in [1.82, 2.24) is 5.32 Å². The van der Waals surface area contributed by atoms with E-state index in [0.717, 1.165) is 11.3 Å². The van der Waals surface area contributed by atoms with Gasteiger partial charge in [-0.15, -0.1) is 11.3 Å². The summed E-state index contributed by atoms with van der Waals surface area (Å²) < 4.78 is 18.2. The van der Waals surface area contributed by atoms with Gasteiger partial charge in [-0.1, -0.05) is 15.9 Å². The van der Waals surface area contributed by atoms with Crippen molar-refractivity contribution >= 4 is 33.2 Å². The van der Waals surface area contributed by atoms with Crippen LogP contribution in [0, 0.1) is 5.82 Å². The topological polar surface area (TPSA) is 38.3 Å². The molecule has 1 aromatic rings. The minimum atomic E-state index is -0.470. The van der Waals surface area contributed by atoms with Gasteiger partial charge in [0.1, 0.15) is 10.7 Å². The zero-order valence-corrected chi connectivity index (χ0v) is 10.1. The second kappa shape index (κ2) is 4.59. The maximum absolute atomic E-state index is 13.1. The maximum atomic E-state index is 13.1. The molecule has 1 amide bonds. The maximum Gasteiger partial charge on any atom is 0.264 e. The Morgan fingerprint density at radius 3 is 3.00 bits per heavy atom. The molecule has 2 unspecified atom stereocenters. The van der Waals surface area contributed by atoms with Crippen LogP contribution in [-0.2, 0) is 4.74 Å². The monoisotopic (exact) mass is 293 g/mol. The Kier molecular flexibility index (Phi) is 3.38. The summed E-state index contributed by atoms with van der Waals surface area (Å²) in [6.45, 7) is 1.03. The van der Waals surface area contributed by atoms with Gasteiger partial charge in [0.15, 0.2) is 0 Å². The molecule has 1 N–H and O–H groups in total. The Balaban J connectivity index is 2.01. The number of alkyl halides is 1. The Hall–Kier alpha value is -0.460. The molecule has 3 nitrogen and oxygen atoms in total. The summed E-state index contributed by atoms with van der Waals surface area (Å²) in [6, 6.07) is 1.20. The number of nitrogens with one attached hydrogen (secondary N) is 1. The number of ether oxygens (including phenoxy) is 1. The number of carbonyl (C=O) groups is 1. The highest BCUT2D eigenvalue weighted by Gasteiger charge is 2.28. The molecule has 1 saturated heterocycles. The predicted octanol–water partition coefficient (Wildman–Crippen LogP) is 1.78. The lowest BCUT2D eigenvalue weighted by Crippen LogP contribution is -2.40. The van der Waals surface area contributed by atoms with Crippen LogP contribution in [0.4, 0.5) is 4.39 Å². The smallest absolute Gasteiger partial charge is 0.264 e. The average molecular weight is 294 g/mol. The molecule has 1 aliphatic rings. The molecule has 0 spiro atoms. The largest absolute Gasteiger partial charge is 0.378 e. The number of hydrogen-bond acceptors (Lipinski definition) is 3. The lowest BCUT2D eigenvalue weighted by molar-refractivity contribution is 0.0931. The van der Waals surface area contributed by atoms with Gasteiger partial charge in [-0.05, 0) is 11.4 Å². The Morgan fingerprint density at radius 1 is 1.67 bits per heavy atom. The van der Waals surface area contributed by atoms with E-state index < -0.39 is 5.82 Å². The number of rotatable bonds is 2. The summed E-state index contributed by atoms with van der Waals surface area (Å²) in [5.74, 6) is -0.843. The fraction of sp³-hybridized carbons (Fsp3) is 0.444. The first-order valence-corrected chi connectivity index (χ1v) is 6.23. The van der Waals surface area contributed by atoms with E-state index in [9.17, 15) is 9.18 Å². The van der Waals surface area contributed by atoms with Crippen molar-refractivity contribution in [2.24, 2.45) is 0 Å². The molecule has 82 valence electrons. The third-order valence-electron chi connectivity index (χ3n) is 2.15. The van der Waals surface area contributed by atoms with Crippen LogP contribution in [-0.4, -0.2) is 30.0 Å². The van der Waals surface area contributed by atoms with E-state index in [0.29, 0.717) is 13.2 Å². The van der Waals surface area contributed by atoms with Crippen molar-refractivity contribution in [1.29, 1.82) is 0 Å². The van der Waals surface area contributed by atoms with Crippen LogP contribution < -0.4 is 5.32 Å². The first-order valence-electron chi connectivity index (χ1n) is 4.44. The van der Waals surface area contributed by atoms with E-state index in [2.05, 4.69) is 21.2 Å². The Bertz CT molecular complexity index is 371. The normalized spacial score (nSPS) is 25.5. The molecule has 1 fully saturated rings. The highest BCUT2D eigenvalue weighted by molar-refractivity contribution is 9.09. The lowest BCUT2D eigenvalue weighted by atomic mass is 10.2. The minimum absolute atomic E-state index is 0.0843. The fourth-order valence-electron chi connectivity index (χ4n) is 1.35. The summed E-state index contributed by atoms with van der Waals surface area (Å²) in [5.41, 5.74) is 0. The van der Waals surface area contributed by atoms with Crippen molar-refractivity contribution in [3.63, 3.8) is 0 Å². The summed E-state index contributed by atoms with van der Waals surface area (Å²) in [5, 5.41) is 4.29. The third-order valence-corrected chi connectivity index (χ3v) is 3.94. The van der Waals surface area contributed by atoms with Gasteiger partial charge in [0.05, 0.1) is 24.1 Å². The number of hydrogen-bond donors (Lipinski definition) is 1. The van der Waals surface area contributed by atoms with Crippen LogP contribution >= 0.6 is 27.3 Å². The van der Waals surface area contributed by atoms with E-state index in [-0.39, 0.29) is 21.7 Å². The quantitative estimate of drug-likeness (QED) is 0.844. The van der Waals surface area contributed by atoms with Gasteiger partial charge < -0.3 is 10.1 Å². The van der Waals surface area contributed by atoms with Crippen LogP contribution in [0.1, 0.15) is 9.67 Å². The van der Waals surface area contributed by atoms with Crippen LogP contribution in [0.5, 0.6) is 0 Å². The molecule has 0 aromatic carbocycles. The standard InChI is InChI=1S/C9H9BrFNO2S/c10-5-3-14-4-7(5)12-9(13)8-6(11)1-2-15-8/h1-2,5,7H,3-4H2,(H,12,13). The minimum Gasteiger partial charge on any atom is -0.378 e. The van der Waals surface area contributed by atoms with E-state index >= 15 is 0 Å². The fourth-order valence-corrected chi connectivity index (χ4v) is 2.49. The molecule has 0 saturated carbocycles. The van der Waals surface area contributed by atoms with Crippen LogP contribution in [0.2, 0.25) is 0 Å². The second-order valence-electron chi connectivity index (χ2n) is 3.23. The first kappa shape index (κ1) is 11.0. The van der Waals surface area contributed by atoms with Gasteiger partial charge >= 0.3 is 0 Å². The first-order chi connectivity index (χ1) is 7.18. The van der Waals surface area contributed by atoms with Crippen molar-refractivity contribution < 1.29 is 13.9 Å². The molecule has 1 aromatic heterocycles. The summed E-state index contributed by atoms with van der Waals surface area (Å²) in [6.07, 6.45) is 0. The van der Waals surface area contributed by atoms with E-state index in [1.165, 1.54) is 6.07 Å². The molecule has 2 rings (SSSR count). The number of carbonyl (C=O) groups excluding carboxylic acids is 1. The van der Waals surface area contributed by atoms with Gasteiger partial charge in [-0.25, -0.2) is 4.39 Å². The van der Waals surface area contributed by atoms with Crippen molar-refractivity contribution in [3.8, 4) is 0 Å². The Morgan fingerprint density at radius 2 is 2.47 bits per heavy atom. The van der Waals surface area contributed by atoms with Crippen LogP contribution in [0.15, 0.2) is 11.4 Å². The van der Waals surface area contributed by atoms with Crippen molar-refractivity contribution in [2.45, 2.75) is 10.9 Å². The molecule has 1 aliphatic heterocycles. The molecular weight excluding hydrogens is 285 g/mol. The average Bonchev–Trinajstić information content (AvgIpc) is 2.76. The molecular formula is C9H9BrFNO2S. The van der Waals surface area contributed by atoms with Gasteiger partial charge in [0.25, 0.3) is 5.91 Å². The van der Waals surface area contributed by atoms with Crippen LogP contribution in [0.3, 0.4) is 0 Å². The van der Waals surface area contributed by atoms with Gasteiger partial charge in [0.2, 0.25) is 0 Å². The molecule has 2 atom stereocenters. The van der Waals surface area contributed by atoms with E-state index in [4.69, 9.17) is 4.74 Å². The van der Waals surface area contributed by atoms with Crippen LogP contribution in [0.25, 0.3) is 0 Å². The van der Waals surface area contributed by atoms with Gasteiger partial charge in [0, 0.05) is 0 Å². The molecule has 0 bridgehead atoms. The predicted molar refractivity (Wildman–Crippen MR) is 59.1 cm³/mol. The number of halogens is 2. The summed E-state index contributed by atoms with van der Waals surface area (Å²) >= 11 is 4.48. The second-order valence-corrected chi connectivity index (χ2v) is 5.32. The van der Waals surface area contributed by atoms with E-state index in [1.54, 1.807) is 5.38 Å². The van der Waals surface area contributed by atoms with Gasteiger partial charge in [-0.2, -0.15) is 0 Å². The van der Waals surface area contributed by atoms with Crippen molar-refractivity contribution in [3.05, 3.63) is 22.1 Å². The molecule has 0 radical (unpaired) electrons. The summed E-state index contributed by atoms with van der Waals surface area (Å²) in [4.78, 5) is 11.8. The lowest BCUT2D eigenvalue weighted by Gasteiger charge is -2.13. The summed E-state index contributed by atoms with van der Waals surface area (Å²) in [7, 11) is 0. The van der Waals surface area contributed by atoms with Gasteiger partial charge in [-0.3, -0.25) is 4.79 Å². The van der Waals surface area contributed by atoms with E-state index in [1.807, 2.05) is 0 Å². The molecule has 15 heavy (non-hydrogen) atoms. The molecule has 0 aliphatic carbocycles. The highest BCUT2D eigenvalue weighted by atomic mass is 79.9. The molecule has 2 heterocycles.